The predicted molar refractivity (Wildman–Crippen MR) is 87.3 cm³/mol. The molecular formula is C16H15N5O3. The molecule has 0 bridgehead atoms. The lowest BCUT2D eigenvalue weighted by molar-refractivity contribution is -0.115. The van der Waals surface area contributed by atoms with E-state index in [1.54, 1.807) is 49.8 Å². The number of H-pyrrole nitrogens is 1. The van der Waals surface area contributed by atoms with Crippen LogP contribution < -0.4 is 15.6 Å². The van der Waals surface area contributed by atoms with Crippen LogP contribution in [0, 0.1) is 0 Å². The van der Waals surface area contributed by atoms with Crippen LogP contribution in [0.5, 0.6) is 5.75 Å². The second-order valence-electron chi connectivity index (χ2n) is 4.97. The van der Waals surface area contributed by atoms with Gasteiger partial charge in [-0.3, -0.25) is 14.6 Å². The van der Waals surface area contributed by atoms with Gasteiger partial charge in [-0.15, -0.1) is 0 Å². The van der Waals surface area contributed by atoms with Crippen LogP contribution in [0.4, 0.5) is 5.69 Å². The summed E-state index contributed by atoms with van der Waals surface area (Å²) in [6.07, 6.45) is 4.68. The molecule has 8 nitrogen and oxygen atoms in total. The minimum absolute atomic E-state index is 0.0874. The van der Waals surface area contributed by atoms with Gasteiger partial charge in [-0.2, -0.15) is 5.10 Å². The van der Waals surface area contributed by atoms with Gasteiger partial charge in [-0.1, -0.05) is 12.1 Å². The molecule has 2 N–H and O–H groups in total. The maximum absolute atomic E-state index is 12.1. The van der Waals surface area contributed by atoms with Crippen molar-refractivity contribution in [2.24, 2.45) is 0 Å². The summed E-state index contributed by atoms with van der Waals surface area (Å²) in [5.74, 6) is 0.687. The van der Waals surface area contributed by atoms with E-state index in [2.05, 4.69) is 20.4 Å². The van der Waals surface area contributed by atoms with E-state index in [-0.39, 0.29) is 24.0 Å². The molecule has 0 aliphatic carbocycles. The van der Waals surface area contributed by atoms with Gasteiger partial charge >= 0.3 is 0 Å². The first-order valence-corrected chi connectivity index (χ1v) is 7.18. The number of hydrogen-bond donors (Lipinski definition) is 2. The van der Waals surface area contributed by atoms with Crippen LogP contribution in [0.2, 0.25) is 0 Å². The monoisotopic (exact) mass is 325 g/mol. The van der Waals surface area contributed by atoms with Crippen LogP contribution >= 0.6 is 0 Å². The number of hydrogen-bond acceptors (Lipinski definition) is 5. The number of ether oxygens (including phenoxy) is 1. The standard InChI is InChI=1S/C16H15N5O3/c1-24-12-5-3-11(4-6-12)9-14(22)19-13-10-17-16(20-15(13)23)21-8-2-7-18-21/h2-8,10H,9H2,1H3,(H,19,22)(H,17,20,23). The Morgan fingerprint density at radius 1 is 1.33 bits per heavy atom. The Hall–Kier alpha value is -3.42. The maximum Gasteiger partial charge on any atom is 0.276 e. The Bertz CT molecular complexity index is 885. The summed E-state index contributed by atoms with van der Waals surface area (Å²) in [6, 6.07) is 8.85. The fraction of sp³-hybridized carbons (Fsp3) is 0.125. The molecule has 1 amide bonds. The molecule has 3 rings (SSSR count). The van der Waals surface area contributed by atoms with E-state index in [0.29, 0.717) is 5.75 Å². The van der Waals surface area contributed by atoms with Gasteiger partial charge in [0.25, 0.3) is 5.56 Å². The molecule has 3 aromatic rings. The largest absolute Gasteiger partial charge is 0.497 e. The molecule has 8 heteroatoms. The van der Waals surface area contributed by atoms with Gasteiger partial charge in [0.1, 0.15) is 11.4 Å². The predicted octanol–water partition coefficient (Wildman–Crippen LogP) is 1.15. The zero-order valence-corrected chi connectivity index (χ0v) is 12.9. The number of aromatic nitrogens is 4. The summed E-state index contributed by atoms with van der Waals surface area (Å²) in [6.45, 7) is 0. The van der Waals surface area contributed by atoms with Crippen molar-refractivity contribution in [3.8, 4) is 11.7 Å². The number of anilines is 1. The molecule has 0 aliphatic heterocycles. The molecule has 2 heterocycles. The van der Waals surface area contributed by atoms with Gasteiger partial charge in [0, 0.05) is 12.4 Å². The van der Waals surface area contributed by atoms with E-state index in [0.717, 1.165) is 5.56 Å². The Balaban J connectivity index is 1.68. The summed E-state index contributed by atoms with van der Waals surface area (Å²) >= 11 is 0. The topological polar surface area (TPSA) is 102 Å². The van der Waals surface area contributed by atoms with E-state index in [1.807, 2.05) is 0 Å². The Kier molecular flexibility index (Phi) is 4.37. The number of methoxy groups -OCH3 is 1. The third kappa shape index (κ3) is 3.49. The van der Waals surface area contributed by atoms with Crippen LogP contribution in [-0.2, 0) is 11.2 Å². The Morgan fingerprint density at radius 3 is 2.75 bits per heavy atom. The second kappa shape index (κ2) is 6.78. The first-order chi connectivity index (χ1) is 11.7. The van der Waals surface area contributed by atoms with E-state index >= 15 is 0 Å². The van der Waals surface area contributed by atoms with E-state index < -0.39 is 5.56 Å². The molecule has 1 aromatic carbocycles. The third-order valence-electron chi connectivity index (χ3n) is 3.31. The highest BCUT2D eigenvalue weighted by Crippen LogP contribution is 2.12. The number of aromatic amines is 1. The van der Waals surface area contributed by atoms with Crippen molar-refractivity contribution in [1.29, 1.82) is 0 Å². The molecule has 0 spiro atoms. The van der Waals surface area contributed by atoms with Gasteiger partial charge < -0.3 is 10.1 Å². The fourth-order valence-corrected chi connectivity index (χ4v) is 2.11. The highest BCUT2D eigenvalue weighted by Gasteiger charge is 2.09. The third-order valence-corrected chi connectivity index (χ3v) is 3.31. The quantitative estimate of drug-likeness (QED) is 0.732. The van der Waals surface area contributed by atoms with E-state index in [1.165, 1.54) is 10.9 Å². The summed E-state index contributed by atoms with van der Waals surface area (Å²) in [4.78, 5) is 30.7. The fourth-order valence-electron chi connectivity index (χ4n) is 2.11. The number of carbonyl (C=O) groups excluding carboxylic acids is 1. The molecule has 0 unspecified atom stereocenters. The van der Waals surface area contributed by atoms with E-state index in [4.69, 9.17) is 4.74 Å². The van der Waals surface area contributed by atoms with Crippen molar-refractivity contribution in [2.45, 2.75) is 6.42 Å². The van der Waals surface area contributed by atoms with Crippen LogP contribution in [-0.4, -0.2) is 32.8 Å². The summed E-state index contributed by atoms with van der Waals surface area (Å²) in [7, 11) is 1.58. The zero-order chi connectivity index (χ0) is 16.9. The molecule has 0 saturated heterocycles. The number of carbonyl (C=O) groups is 1. The Morgan fingerprint density at radius 2 is 2.12 bits per heavy atom. The normalized spacial score (nSPS) is 10.4. The summed E-state index contributed by atoms with van der Waals surface area (Å²) < 4.78 is 6.49. The zero-order valence-electron chi connectivity index (χ0n) is 12.9. The molecule has 0 fully saturated rings. The number of rotatable bonds is 5. The van der Waals surface area contributed by atoms with Crippen molar-refractivity contribution >= 4 is 11.6 Å². The minimum Gasteiger partial charge on any atom is -0.497 e. The maximum atomic E-state index is 12.1. The van der Waals surface area contributed by atoms with Gasteiger partial charge in [-0.05, 0) is 23.8 Å². The SMILES string of the molecule is COc1ccc(CC(=O)Nc2cnc(-n3cccn3)[nH]c2=O)cc1. The van der Waals surface area contributed by atoms with Crippen LogP contribution in [0.1, 0.15) is 5.56 Å². The van der Waals surface area contributed by atoms with Gasteiger partial charge in [0.2, 0.25) is 11.9 Å². The Labute approximate surface area is 137 Å². The smallest absolute Gasteiger partial charge is 0.276 e. The van der Waals surface area contributed by atoms with Crippen molar-refractivity contribution in [3.63, 3.8) is 0 Å². The molecule has 122 valence electrons. The number of amides is 1. The van der Waals surface area contributed by atoms with Gasteiger partial charge in [-0.25, -0.2) is 9.67 Å². The lowest BCUT2D eigenvalue weighted by atomic mass is 10.1. The van der Waals surface area contributed by atoms with E-state index in [9.17, 15) is 9.59 Å². The molecule has 2 aromatic heterocycles. The first-order valence-electron chi connectivity index (χ1n) is 7.18. The highest BCUT2D eigenvalue weighted by molar-refractivity contribution is 5.91. The average Bonchev–Trinajstić information content (AvgIpc) is 3.12. The molecule has 24 heavy (non-hydrogen) atoms. The number of benzene rings is 1. The molecule has 0 saturated carbocycles. The molecule has 0 radical (unpaired) electrons. The minimum atomic E-state index is -0.446. The number of nitrogens with one attached hydrogen (secondary N) is 2. The second-order valence-corrected chi connectivity index (χ2v) is 4.97. The van der Waals surface area contributed by atoms with Gasteiger partial charge in [0.15, 0.2) is 0 Å². The summed E-state index contributed by atoms with van der Waals surface area (Å²) in [5, 5.41) is 6.53. The van der Waals surface area contributed by atoms with Crippen molar-refractivity contribution in [3.05, 3.63) is 64.8 Å². The van der Waals surface area contributed by atoms with Crippen molar-refractivity contribution < 1.29 is 9.53 Å². The first kappa shape index (κ1) is 15.5. The van der Waals surface area contributed by atoms with Gasteiger partial charge in [0.05, 0.1) is 19.7 Å². The lowest BCUT2D eigenvalue weighted by Crippen LogP contribution is -2.23. The highest BCUT2D eigenvalue weighted by atomic mass is 16.5. The van der Waals surface area contributed by atoms with Crippen LogP contribution in [0.3, 0.4) is 0 Å². The van der Waals surface area contributed by atoms with Crippen molar-refractivity contribution in [1.82, 2.24) is 19.7 Å². The summed E-state index contributed by atoms with van der Waals surface area (Å²) in [5.41, 5.74) is 0.453. The average molecular weight is 325 g/mol. The molecule has 0 atom stereocenters. The van der Waals surface area contributed by atoms with Crippen molar-refractivity contribution in [2.75, 3.05) is 12.4 Å². The van der Waals surface area contributed by atoms with Crippen LogP contribution in [0.25, 0.3) is 5.95 Å². The molecular weight excluding hydrogens is 310 g/mol. The lowest BCUT2D eigenvalue weighted by Gasteiger charge is -2.06. The van der Waals surface area contributed by atoms with Crippen LogP contribution in [0.15, 0.2) is 53.7 Å². The number of nitrogens with zero attached hydrogens (tertiary/aromatic N) is 3. The molecule has 0 aliphatic rings.